The Morgan fingerprint density at radius 3 is 2.56 bits per heavy atom. The molecule has 0 amide bonds. The first-order chi connectivity index (χ1) is 15.3. The minimum absolute atomic E-state index is 0.0634. The summed E-state index contributed by atoms with van der Waals surface area (Å²) in [6.45, 7) is 0. The van der Waals surface area contributed by atoms with Gasteiger partial charge >= 0.3 is 0 Å². The number of methoxy groups -OCH3 is 1. The lowest BCUT2D eigenvalue weighted by atomic mass is 10.0. The summed E-state index contributed by atoms with van der Waals surface area (Å²) in [6.07, 6.45) is 3.01. The molecule has 4 rings (SSSR count). The maximum absolute atomic E-state index is 13.0. The van der Waals surface area contributed by atoms with Crippen LogP contribution in [0.5, 0.6) is 5.88 Å². The Kier molecular flexibility index (Phi) is 6.05. The van der Waals surface area contributed by atoms with E-state index in [1.54, 1.807) is 31.4 Å². The van der Waals surface area contributed by atoms with Gasteiger partial charge in [-0.15, -0.1) is 0 Å². The van der Waals surface area contributed by atoms with Crippen LogP contribution in [-0.4, -0.2) is 37.5 Å². The number of fused-ring (bicyclic) bond motifs is 1. The highest BCUT2D eigenvalue weighted by atomic mass is 35.5. The van der Waals surface area contributed by atoms with Crippen molar-refractivity contribution in [3.63, 3.8) is 0 Å². The summed E-state index contributed by atoms with van der Waals surface area (Å²) in [5.41, 5.74) is 2.50. The average molecular weight is 490 g/mol. The van der Waals surface area contributed by atoms with Crippen LogP contribution in [0.3, 0.4) is 0 Å². The zero-order valence-corrected chi connectivity index (χ0v) is 19.3. The largest absolute Gasteiger partial charge is 0.480 e. The molecule has 2 aromatic carbocycles. The van der Waals surface area contributed by atoms with Crippen molar-refractivity contribution in [2.45, 2.75) is 4.90 Å². The van der Waals surface area contributed by atoms with Crippen molar-refractivity contribution in [1.82, 2.24) is 15.0 Å². The Labute approximate surface area is 194 Å². The zero-order chi connectivity index (χ0) is 22.9. The van der Waals surface area contributed by atoms with E-state index in [9.17, 15) is 8.42 Å². The minimum Gasteiger partial charge on any atom is -0.480 e. The Morgan fingerprint density at radius 1 is 1.00 bits per heavy atom. The predicted octanol–water partition coefficient (Wildman–Crippen LogP) is 4.85. The van der Waals surface area contributed by atoms with E-state index in [4.69, 9.17) is 27.9 Å². The van der Waals surface area contributed by atoms with E-state index in [0.29, 0.717) is 22.2 Å². The third-order valence-corrected chi connectivity index (χ3v) is 6.51. The number of anilines is 2. The summed E-state index contributed by atoms with van der Waals surface area (Å²) in [5, 5.41) is 4.35. The van der Waals surface area contributed by atoms with Crippen molar-refractivity contribution in [1.29, 1.82) is 0 Å². The number of aromatic nitrogens is 3. The SMILES string of the molecule is CNc1ncc2cc(-c3cc(NS(=O)(=O)c4cc(Cl)cnc4OC)ccc3Cl)ccc2n1. The number of sulfonamides is 1. The van der Waals surface area contributed by atoms with Gasteiger partial charge in [0.25, 0.3) is 10.0 Å². The first-order valence-corrected chi connectivity index (χ1v) is 11.5. The normalized spacial score (nSPS) is 11.4. The molecule has 32 heavy (non-hydrogen) atoms. The molecule has 2 N–H and O–H groups in total. The van der Waals surface area contributed by atoms with Crippen LogP contribution in [-0.2, 0) is 10.0 Å². The van der Waals surface area contributed by atoms with E-state index >= 15 is 0 Å². The molecule has 164 valence electrons. The molecule has 2 aromatic heterocycles. The van der Waals surface area contributed by atoms with E-state index < -0.39 is 10.0 Å². The molecule has 8 nitrogen and oxygen atoms in total. The predicted molar refractivity (Wildman–Crippen MR) is 126 cm³/mol. The van der Waals surface area contributed by atoms with Crippen LogP contribution < -0.4 is 14.8 Å². The van der Waals surface area contributed by atoms with Crippen molar-refractivity contribution >= 4 is 55.8 Å². The molecule has 0 saturated heterocycles. The van der Waals surface area contributed by atoms with Gasteiger partial charge in [0.15, 0.2) is 4.90 Å². The fourth-order valence-corrected chi connectivity index (χ4v) is 4.74. The molecule has 2 heterocycles. The van der Waals surface area contributed by atoms with Gasteiger partial charge in [0.05, 0.1) is 17.6 Å². The quantitative estimate of drug-likeness (QED) is 0.398. The van der Waals surface area contributed by atoms with Crippen molar-refractivity contribution in [2.24, 2.45) is 0 Å². The van der Waals surface area contributed by atoms with Gasteiger partial charge in [0, 0.05) is 41.1 Å². The van der Waals surface area contributed by atoms with Crippen molar-refractivity contribution in [2.75, 3.05) is 24.2 Å². The lowest BCUT2D eigenvalue weighted by molar-refractivity contribution is 0.385. The van der Waals surface area contributed by atoms with Crippen molar-refractivity contribution in [3.05, 3.63) is 64.9 Å². The Morgan fingerprint density at radius 2 is 1.81 bits per heavy atom. The Bertz CT molecular complexity index is 1430. The van der Waals surface area contributed by atoms with E-state index in [-0.39, 0.29) is 15.8 Å². The molecule has 0 saturated carbocycles. The lowest BCUT2D eigenvalue weighted by Crippen LogP contribution is -2.14. The number of hydrogen-bond donors (Lipinski definition) is 2. The number of pyridine rings is 1. The van der Waals surface area contributed by atoms with E-state index in [1.807, 2.05) is 18.2 Å². The molecule has 4 aromatic rings. The highest BCUT2D eigenvalue weighted by molar-refractivity contribution is 7.92. The fraction of sp³-hybridized carbons (Fsp3) is 0.0952. The fourth-order valence-electron chi connectivity index (χ4n) is 3.10. The monoisotopic (exact) mass is 489 g/mol. The number of halogens is 2. The van der Waals surface area contributed by atoms with Gasteiger partial charge in [-0.05, 0) is 42.0 Å². The molecule has 0 aliphatic rings. The highest BCUT2D eigenvalue weighted by Gasteiger charge is 2.22. The maximum Gasteiger partial charge on any atom is 0.267 e. The molecule has 11 heteroatoms. The molecule has 0 fully saturated rings. The number of nitrogens with zero attached hydrogens (tertiary/aromatic N) is 3. The summed E-state index contributed by atoms with van der Waals surface area (Å²) in [5.74, 6) is 0.456. The molecule has 0 aliphatic carbocycles. The van der Waals surface area contributed by atoms with Crippen molar-refractivity contribution in [3.8, 4) is 17.0 Å². The maximum atomic E-state index is 13.0. The molecule has 0 spiro atoms. The summed E-state index contributed by atoms with van der Waals surface area (Å²) < 4.78 is 33.5. The van der Waals surface area contributed by atoms with Crippen LogP contribution in [0.4, 0.5) is 11.6 Å². The van der Waals surface area contributed by atoms with E-state index in [2.05, 4.69) is 25.0 Å². The van der Waals surface area contributed by atoms with Crippen LogP contribution in [0.1, 0.15) is 0 Å². The van der Waals surface area contributed by atoms with Crippen LogP contribution in [0.2, 0.25) is 10.0 Å². The van der Waals surface area contributed by atoms with Crippen LogP contribution in [0.25, 0.3) is 22.0 Å². The third kappa shape index (κ3) is 4.40. The molecule has 0 radical (unpaired) electrons. The number of nitrogens with one attached hydrogen (secondary N) is 2. The third-order valence-electron chi connectivity index (χ3n) is 4.60. The first-order valence-electron chi connectivity index (χ1n) is 9.27. The topological polar surface area (TPSA) is 106 Å². The number of rotatable bonds is 6. The average Bonchev–Trinajstić information content (AvgIpc) is 2.79. The Hall–Kier alpha value is -3.14. The molecule has 0 aliphatic heterocycles. The second-order valence-corrected chi connectivity index (χ2v) is 9.17. The number of benzene rings is 2. The number of hydrogen-bond acceptors (Lipinski definition) is 7. The molecular weight excluding hydrogens is 473 g/mol. The van der Waals surface area contributed by atoms with Gasteiger partial charge in [-0.1, -0.05) is 29.3 Å². The first kappa shape index (κ1) is 22.1. The van der Waals surface area contributed by atoms with Crippen LogP contribution >= 0.6 is 23.2 Å². The van der Waals surface area contributed by atoms with Gasteiger partial charge in [-0.25, -0.2) is 23.4 Å². The van der Waals surface area contributed by atoms with Crippen molar-refractivity contribution < 1.29 is 13.2 Å². The van der Waals surface area contributed by atoms with E-state index in [1.165, 1.54) is 19.4 Å². The molecule has 0 unspecified atom stereocenters. The van der Waals surface area contributed by atoms with Gasteiger partial charge in [-0.2, -0.15) is 0 Å². The second-order valence-electron chi connectivity index (χ2n) is 6.68. The summed E-state index contributed by atoms with van der Waals surface area (Å²) in [7, 11) is -0.946. The van der Waals surface area contributed by atoms with Crippen LogP contribution in [0.15, 0.2) is 59.8 Å². The molecular formula is C21H17Cl2N5O3S. The molecule has 0 bridgehead atoms. The lowest BCUT2D eigenvalue weighted by Gasteiger charge is -2.13. The smallest absolute Gasteiger partial charge is 0.267 e. The summed E-state index contributed by atoms with van der Waals surface area (Å²) >= 11 is 12.4. The zero-order valence-electron chi connectivity index (χ0n) is 16.9. The Balaban J connectivity index is 1.72. The highest BCUT2D eigenvalue weighted by Crippen LogP contribution is 2.34. The van der Waals surface area contributed by atoms with Gasteiger partial charge in [-0.3, -0.25) is 4.72 Å². The van der Waals surface area contributed by atoms with Crippen LogP contribution in [0, 0.1) is 0 Å². The van der Waals surface area contributed by atoms with Gasteiger partial charge < -0.3 is 10.1 Å². The standard InChI is InChI=1S/C21H17Cl2N5O3S/c1-24-21-26-10-13-7-12(3-6-18(13)27-21)16-9-15(4-5-17(16)23)28-32(29,30)19-8-14(22)11-25-20(19)31-2/h3-11,28H,1-2H3,(H,24,26,27). The molecule has 0 atom stereocenters. The minimum atomic E-state index is -4.02. The number of ether oxygens (including phenoxy) is 1. The second kappa shape index (κ2) is 8.78. The summed E-state index contributed by atoms with van der Waals surface area (Å²) in [6, 6.07) is 11.7. The van der Waals surface area contributed by atoms with E-state index in [0.717, 1.165) is 16.5 Å². The van der Waals surface area contributed by atoms with Gasteiger partial charge in [0.1, 0.15) is 0 Å². The van der Waals surface area contributed by atoms with Gasteiger partial charge in [0.2, 0.25) is 11.8 Å². The summed E-state index contributed by atoms with van der Waals surface area (Å²) in [4.78, 5) is 12.4.